The largest absolute Gasteiger partial charge is 0.494 e. The number of hydrogen-bond acceptors (Lipinski definition) is 3. The minimum atomic E-state index is -0.301. The molecule has 29 heavy (non-hydrogen) atoms. The second kappa shape index (κ2) is 10.6. The number of rotatable bonds is 8. The second-order valence-electron chi connectivity index (χ2n) is 7.26. The summed E-state index contributed by atoms with van der Waals surface area (Å²) in [6, 6.07) is 15.7. The van der Waals surface area contributed by atoms with Gasteiger partial charge in [0.1, 0.15) is 11.6 Å². The predicted molar refractivity (Wildman–Crippen MR) is 109 cm³/mol. The molecule has 3 rings (SSSR count). The molecule has 0 bridgehead atoms. The Morgan fingerprint density at radius 3 is 2.41 bits per heavy atom. The van der Waals surface area contributed by atoms with Crippen LogP contribution in [0.1, 0.15) is 31.2 Å². The lowest BCUT2D eigenvalue weighted by Crippen LogP contribution is -2.42. The van der Waals surface area contributed by atoms with Crippen molar-refractivity contribution in [3.05, 3.63) is 66.0 Å². The number of amides is 2. The van der Waals surface area contributed by atoms with Crippen LogP contribution in [0.3, 0.4) is 0 Å². The average molecular weight is 398 g/mol. The first kappa shape index (κ1) is 20.8. The molecule has 154 valence electrons. The van der Waals surface area contributed by atoms with Gasteiger partial charge in [0.15, 0.2) is 0 Å². The van der Waals surface area contributed by atoms with E-state index in [1.54, 1.807) is 12.1 Å². The number of nitrogens with one attached hydrogen (secondary N) is 1. The maximum atomic E-state index is 12.9. The van der Waals surface area contributed by atoms with E-state index in [2.05, 4.69) is 5.32 Å². The Kier molecular flexibility index (Phi) is 7.61. The number of likely N-dealkylation sites (tertiary alicyclic amines) is 1. The van der Waals surface area contributed by atoms with E-state index >= 15 is 0 Å². The fraction of sp³-hybridized carbons (Fsp3) is 0.391. The van der Waals surface area contributed by atoms with Gasteiger partial charge in [0.2, 0.25) is 11.8 Å². The summed E-state index contributed by atoms with van der Waals surface area (Å²) in [5.74, 6) is 0.417. The molecule has 0 saturated carbocycles. The minimum Gasteiger partial charge on any atom is -0.494 e. The van der Waals surface area contributed by atoms with Crippen molar-refractivity contribution in [2.24, 2.45) is 5.92 Å². The van der Waals surface area contributed by atoms with Gasteiger partial charge in [-0.15, -0.1) is 0 Å². The molecule has 1 saturated heterocycles. The third-order valence-electron chi connectivity index (χ3n) is 5.15. The summed E-state index contributed by atoms with van der Waals surface area (Å²) in [4.78, 5) is 26.6. The van der Waals surface area contributed by atoms with Gasteiger partial charge in [-0.05, 0) is 49.1 Å². The highest BCUT2D eigenvalue weighted by Crippen LogP contribution is 2.19. The maximum Gasteiger partial charge on any atom is 0.223 e. The second-order valence-corrected chi connectivity index (χ2v) is 7.26. The quantitative estimate of drug-likeness (QED) is 0.692. The van der Waals surface area contributed by atoms with Gasteiger partial charge in [0.25, 0.3) is 0 Å². The summed E-state index contributed by atoms with van der Waals surface area (Å²) in [5.41, 5.74) is 1.08. The van der Waals surface area contributed by atoms with Gasteiger partial charge in [-0.3, -0.25) is 9.59 Å². The van der Waals surface area contributed by atoms with Crippen LogP contribution in [-0.2, 0) is 16.1 Å². The minimum absolute atomic E-state index is 0.0374. The third kappa shape index (κ3) is 6.59. The summed E-state index contributed by atoms with van der Waals surface area (Å²) in [5, 5.41) is 2.99. The van der Waals surface area contributed by atoms with E-state index in [0.29, 0.717) is 57.7 Å². The summed E-state index contributed by atoms with van der Waals surface area (Å²) in [6.07, 6.45) is 2.40. The number of carbonyl (C=O) groups is 2. The van der Waals surface area contributed by atoms with E-state index in [-0.39, 0.29) is 23.5 Å². The van der Waals surface area contributed by atoms with E-state index in [9.17, 15) is 14.0 Å². The Labute approximate surface area is 170 Å². The van der Waals surface area contributed by atoms with Gasteiger partial charge < -0.3 is 15.0 Å². The lowest BCUT2D eigenvalue weighted by Gasteiger charge is -2.31. The number of benzene rings is 2. The summed E-state index contributed by atoms with van der Waals surface area (Å²) in [6.45, 7) is 2.17. The number of ether oxygens (including phenoxy) is 1. The number of hydrogen-bond donors (Lipinski definition) is 1. The molecule has 2 aromatic rings. The molecular weight excluding hydrogens is 371 g/mol. The van der Waals surface area contributed by atoms with E-state index in [4.69, 9.17) is 4.74 Å². The normalized spacial score (nSPS) is 14.4. The highest BCUT2D eigenvalue weighted by molar-refractivity contribution is 5.80. The van der Waals surface area contributed by atoms with Crippen LogP contribution in [0.5, 0.6) is 5.75 Å². The first-order valence-electron chi connectivity index (χ1n) is 10.1. The lowest BCUT2D eigenvalue weighted by molar-refractivity contribution is -0.135. The molecule has 6 heteroatoms. The zero-order chi connectivity index (χ0) is 20.5. The van der Waals surface area contributed by atoms with Crippen molar-refractivity contribution in [1.82, 2.24) is 10.2 Å². The molecule has 1 fully saturated rings. The smallest absolute Gasteiger partial charge is 0.223 e. The van der Waals surface area contributed by atoms with Gasteiger partial charge in [0.05, 0.1) is 6.61 Å². The molecular formula is C23H27FN2O3. The van der Waals surface area contributed by atoms with Crippen molar-refractivity contribution in [2.45, 2.75) is 32.2 Å². The number of carbonyl (C=O) groups excluding carboxylic acids is 2. The molecule has 1 aliphatic heterocycles. The zero-order valence-electron chi connectivity index (χ0n) is 16.5. The molecule has 1 aliphatic rings. The first-order chi connectivity index (χ1) is 14.1. The van der Waals surface area contributed by atoms with Crippen LogP contribution in [0.25, 0.3) is 0 Å². The van der Waals surface area contributed by atoms with Crippen LogP contribution in [-0.4, -0.2) is 36.4 Å². The Morgan fingerprint density at radius 2 is 1.72 bits per heavy atom. The van der Waals surface area contributed by atoms with Crippen LogP contribution >= 0.6 is 0 Å². The topological polar surface area (TPSA) is 58.6 Å². The van der Waals surface area contributed by atoms with Gasteiger partial charge in [-0.25, -0.2) is 4.39 Å². The molecule has 0 aliphatic carbocycles. The summed E-state index contributed by atoms with van der Waals surface area (Å²) in [7, 11) is 0. The van der Waals surface area contributed by atoms with Crippen LogP contribution in [0, 0.1) is 11.7 Å². The fourth-order valence-electron chi connectivity index (χ4n) is 3.42. The lowest BCUT2D eigenvalue weighted by atomic mass is 9.95. The van der Waals surface area contributed by atoms with Crippen LogP contribution in [0.2, 0.25) is 0 Å². The van der Waals surface area contributed by atoms with Crippen molar-refractivity contribution in [3.8, 4) is 5.75 Å². The fourth-order valence-corrected chi connectivity index (χ4v) is 3.42. The van der Waals surface area contributed by atoms with Crippen molar-refractivity contribution in [1.29, 1.82) is 0 Å². The number of piperidine rings is 1. The van der Waals surface area contributed by atoms with Gasteiger partial charge in [0, 0.05) is 32.0 Å². The van der Waals surface area contributed by atoms with Crippen molar-refractivity contribution in [2.75, 3.05) is 19.7 Å². The van der Waals surface area contributed by atoms with Crippen LogP contribution < -0.4 is 10.1 Å². The highest BCUT2D eigenvalue weighted by Gasteiger charge is 2.26. The monoisotopic (exact) mass is 398 g/mol. The maximum absolute atomic E-state index is 12.9. The number of halogens is 1. The molecule has 2 amide bonds. The van der Waals surface area contributed by atoms with Crippen molar-refractivity contribution < 1.29 is 18.7 Å². The molecule has 0 atom stereocenters. The van der Waals surface area contributed by atoms with Crippen molar-refractivity contribution in [3.63, 3.8) is 0 Å². The van der Waals surface area contributed by atoms with E-state index in [1.165, 1.54) is 12.1 Å². The predicted octanol–water partition coefficient (Wildman–Crippen LogP) is 3.54. The highest BCUT2D eigenvalue weighted by atomic mass is 19.1. The number of nitrogens with zero attached hydrogens (tertiary/aromatic N) is 1. The first-order valence-corrected chi connectivity index (χ1v) is 10.1. The van der Waals surface area contributed by atoms with E-state index in [1.807, 2.05) is 35.2 Å². The molecule has 1 N–H and O–H groups in total. The molecule has 0 spiro atoms. The molecule has 0 aromatic heterocycles. The van der Waals surface area contributed by atoms with Crippen molar-refractivity contribution >= 4 is 11.8 Å². The molecule has 0 radical (unpaired) electrons. The molecule has 2 aromatic carbocycles. The Morgan fingerprint density at radius 1 is 1.03 bits per heavy atom. The third-order valence-corrected chi connectivity index (χ3v) is 5.15. The molecule has 1 heterocycles. The summed E-state index contributed by atoms with van der Waals surface area (Å²) < 4.78 is 18.4. The molecule has 5 nitrogen and oxygen atoms in total. The summed E-state index contributed by atoms with van der Waals surface area (Å²) >= 11 is 0. The van der Waals surface area contributed by atoms with Gasteiger partial charge >= 0.3 is 0 Å². The standard InChI is InChI=1S/C23H27FN2O3/c24-20-8-10-21(11-9-20)29-16-4-7-22(27)26-14-12-19(13-15-26)23(28)25-17-18-5-2-1-3-6-18/h1-3,5-6,8-11,19H,4,7,12-17H2,(H,25,28). The zero-order valence-corrected chi connectivity index (χ0v) is 16.5. The average Bonchev–Trinajstić information content (AvgIpc) is 2.77. The Hall–Kier alpha value is -2.89. The van der Waals surface area contributed by atoms with E-state index in [0.717, 1.165) is 5.56 Å². The van der Waals surface area contributed by atoms with Gasteiger partial charge in [-0.2, -0.15) is 0 Å². The van der Waals surface area contributed by atoms with E-state index < -0.39 is 0 Å². The molecule has 0 unspecified atom stereocenters. The van der Waals surface area contributed by atoms with Crippen LogP contribution in [0.4, 0.5) is 4.39 Å². The Bertz CT molecular complexity index is 788. The Balaban J connectivity index is 1.31. The SMILES string of the molecule is O=C(NCc1ccccc1)C1CCN(C(=O)CCCOc2ccc(F)cc2)CC1. The van der Waals surface area contributed by atoms with Gasteiger partial charge in [-0.1, -0.05) is 30.3 Å². The van der Waals surface area contributed by atoms with Crippen LogP contribution in [0.15, 0.2) is 54.6 Å².